The van der Waals surface area contributed by atoms with E-state index >= 15 is 0 Å². The first kappa shape index (κ1) is 24.6. The molecule has 0 unspecified atom stereocenters. The number of nitrogens with one attached hydrogen (secondary N) is 1. The second kappa shape index (κ2) is 11.7. The zero-order valence-electron chi connectivity index (χ0n) is 19.8. The number of ether oxygens (including phenoxy) is 1. The summed E-state index contributed by atoms with van der Waals surface area (Å²) in [5, 5.41) is 3.48. The minimum Gasteiger partial charge on any atom is -0.495 e. The molecule has 7 heteroatoms. The minimum absolute atomic E-state index is 0.0502. The number of rotatable bonds is 6. The molecule has 0 aromatic heterocycles. The molecule has 1 N–H and O–H groups in total. The Bertz CT molecular complexity index is 968. The number of piperidine rings is 1. The molecular formula is C27H34ClN3O3. The van der Waals surface area contributed by atoms with Crippen LogP contribution < -0.4 is 10.1 Å². The van der Waals surface area contributed by atoms with Crippen LogP contribution in [0, 0.1) is 5.92 Å². The van der Waals surface area contributed by atoms with Gasteiger partial charge >= 0.3 is 0 Å². The Morgan fingerprint density at radius 1 is 0.971 bits per heavy atom. The van der Waals surface area contributed by atoms with Crippen LogP contribution in [0.1, 0.15) is 50.1 Å². The van der Waals surface area contributed by atoms with E-state index in [0.717, 1.165) is 44.3 Å². The monoisotopic (exact) mass is 483 g/mol. The van der Waals surface area contributed by atoms with Crippen molar-refractivity contribution in [1.82, 2.24) is 9.80 Å². The first-order valence-corrected chi connectivity index (χ1v) is 12.7. The molecule has 1 atom stereocenters. The highest BCUT2D eigenvalue weighted by atomic mass is 35.5. The molecule has 0 bridgehead atoms. The van der Waals surface area contributed by atoms with Crippen molar-refractivity contribution in [3.05, 3.63) is 59.1 Å². The summed E-state index contributed by atoms with van der Waals surface area (Å²) < 4.78 is 5.21. The lowest BCUT2D eigenvalue weighted by atomic mass is 9.92. The normalized spacial score (nSPS) is 18.7. The summed E-state index contributed by atoms with van der Waals surface area (Å²) in [6.07, 6.45) is 6.21. The lowest BCUT2D eigenvalue weighted by Crippen LogP contribution is -2.46. The average Bonchev–Trinajstić information content (AvgIpc) is 3.15. The Hall–Kier alpha value is -2.57. The van der Waals surface area contributed by atoms with Gasteiger partial charge in [-0.25, -0.2) is 0 Å². The van der Waals surface area contributed by atoms with Crippen LogP contribution in [0.5, 0.6) is 5.75 Å². The smallest absolute Gasteiger partial charge is 0.246 e. The maximum Gasteiger partial charge on any atom is 0.246 e. The van der Waals surface area contributed by atoms with Crippen LogP contribution in [0.2, 0.25) is 5.02 Å². The molecule has 0 aliphatic carbocycles. The summed E-state index contributed by atoms with van der Waals surface area (Å²) in [7, 11) is 1.56. The van der Waals surface area contributed by atoms with E-state index < -0.39 is 6.04 Å². The molecular weight excluding hydrogens is 450 g/mol. The Kier molecular flexibility index (Phi) is 8.46. The number of nitrogens with zero attached hydrogens (tertiary/aromatic N) is 2. The second-order valence-corrected chi connectivity index (χ2v) is 9.61. The number of benzene rings is 2. The maximum atomic E-state index is 13.5. The predicted octanol–water partition coefficient (Wildman–Crippen LogP) is 5.14. The van der Waals surface area contributed by atoms with Crippen molar-refractivity contribution in [1.29, 1.82) is 0 Å². The van der Waals surface area contributed by atoms with E-state index in [-0.39, 0.29) is 11.8 Å². The van der Waals surface area contributed by atoms with E-state index in [1.807, 2.05) is 30.3 Å². The van der Waals surface area contributed by atoms with E-state index in [9.17, 15) is 9.59 Å². The third-order valence-electron chi connectivity index (χ3n) is 6.94. The first-order chi connectivity index (χ1) is 16.6. The molecule has 4 rings (SSSR count). The molecule has 182 valence electrons. The van der Waals surface area contributed by atoms with Crippen molar-refractivity contribution < 1.29 is 14.3 Å². The Labute approximate surface area is 207 Å². The zero-order valence-corrected chi connectivity index (χ0v) is 20.6. The summed E-state index contributed by atoms with van der Waals surface area (Å²) in [6.45, 7) is 3.19. The van der Waals surface area contributed by atoms with Gasteiger partial charge in [-0.05, 0) is 62.5 Å². The van der Waals surface area contributed by atoms with Crippen LogP contribution in [0.4, 0.5) is 5.69 Å². The van der Waals surface area contributed by atoms with E-state index in [1.165, 1.54) is 12.8 Å². The van der Waals surface area contributed by atoms with Crippen molar-refractivity contribution in [2.75, 3.05) is 38.6 Å². The van der Waals surface area contributed by atoms with Crippen LogP contribution in [0.3, 0.4) is 0 Å². The number of likely N-dealkylation sites (tertiary alicyclic amines) is 2. The topological polar surface area (TPSA) is 61.9 Å². The lowest BCUT2D eigenvalue weighted by Gasteiger charge is -2.38. The van der Waals surface area contributed by atoms with Crippen LogP contribution in [0.15, 0.2) is 48.5 Å². The third-order valence-corrected chi connectivity index (χ3v) is 7.24. The molecule has 2 saturated heterocycles. The van der Waals surface area contributed by atoms with Gasteiger partial charge in [-0.15, -0.1) is 0 Å². The standard InChI is InChI=1S/C27H34ClN3O3/c1-34-24-12-11-22(19-23(24)28)29-26(32)25(20-9-5-4-6-10-20)30-17-13-21(14-18-30)27(33)31-15-7-2-3-8-16-31/h4-6,9-12,19,21,25H,2-3,7-8,13-18H2,1H3,(H,29,32)/t25-/m1/s1. The van der Waals surface area contributed by atoms with Crippen molar-refractivity contribution in [3.8, 4) is 5.75 Å². The van der Waals surface area contributed by atoms with Gasteiger partial charge in [0.05, 0.1) is 12.1 Å². The number of halogens is 1. The molecule has 2 aromatic carbocycles. The number of methoxy groups -OCH3 is 1. The summed E-state index contributed by atoms with van der Waals surface area (Å²) in [5.41, 5.74) is 1.57. The quantitative estimate of drug-likeness (QED) is 0.617. The van der Waals surface area contributed by atoms with Gasteiger partial charge in [0.25, 0.3) is 0 Å². The van der Waals surface area contributed by atoms with Crippen molar-refractivity contribution in [2.45, 2.75) is 44.6 Å². The highest BCUT2D eigenvalue weighted by Crippen LogP contribution is 2.31. The molecule has 2 fully saturated rings. The highest BCUT2D eigenvalue weighted by Gasteiger charge is 2.34. The Balaban J connectivity index is 1.45. The largest absolute Gasteiger partial charge is 0.495 e. The van der Waals surface area contributed by atoms with E-state index in [0.29, 0.717) is 35.5 Å². The number of hydrogen-bond acceptors (Lipinski definition) is 4. The number of hydrogen-bond donors (Lipinski definition) is 1. The van der Waals surface area contributed by atoms with Gasteiger partial charge < -0.3 is 15.0 Å². The van der Waals surface area contributed by atoms with Gasteiger partial charge in [0, 0.05) is 24.7 Å². The van der Waals surface area contributed by atoms with E-state index in [4.69, 9.17) is 16.3 Å². The molecule has 2 aromatic rings. The summed E-state index contributed by atoms with van der Waals surface area (Å²) in [4.78, 5) is 30.9. The predicted molar refractivity (Wildman–Crippen MR) is 135 cm³/mol. The number of amides is 2. The fraction of sp³-hybridized carbons (Fsp3) is 0.481. The van der Waals surface area contributed by atoms with Crippen molar-refractivity contribution in [2.24, 2.45) is 5.92 Å². The molecule has 0 saturated carbocycles. The molecule has 2 amide bonds. The first-order valence-electron chi connectivity index (χ1n) is 12.3. The van der Waals surface area contributed by atoms with Crippen LogP contribution in [-0.2, 0) is 9.59 Å². The molecule has 2 aliphatic rings. The van der Waals surface area contributed by atoms with Crippen LogP contribution >= 0.6 is 11.6 Å². The Morgan fingerprint density at radius 2 is 1.65 bits per heavy atom. The number of carbonyl (C=O) groups is 2. The van der Waals surface area contributed by atoms with E-state index in [2.05, 4.69) is 15.1 Å². The van der Waals surface area contributed by atoms with E-state index in [1.54, 1.807) is 25.3 Å². The summed E-state index contributed by atoms with van der Waals surface area (Å²) >= 11 is 6.26. The average molecular weight is 484 g/mol. The van der Waals surface area contributed by atoms with Crippen LogP contribution in [-0.4, -0.2) is 54.9 Å². The molecule has 2 heterocycles. The molecule has 0 spiro atoms. The van der Waals surface area contributed by atoms with Crippen molar-refractivity contribution >= 4 is 29.1 Å². The summed E-state index contributed by atoms with van der Waals surface area (Å²) in [5.74, 6) is 0.810. The number of carbonyl (C=O) groups excluding carboxylic acids is 2. The van der Waals surface area contributed by atoms with Gasteiger partial charge in [0.1, 0.15) is 11.8 Å². The molecule has 2 aliphatic heterocycles. The zero-order chi connectivity index (χ0) is 23.9. The lowest BCUT2D eigenvalue weighted by molar-refractivity contribution is -0.137. The van der Waals surface area contributed by atoms with Gasteiger partial charge in [0.2, 0.25) is 11.8 Å². The summed E-state index contributed by atoms with van der Waals surface area (Å²) in [6, 6.07) is 14.6. The number of anilines is 1. The fourth-order valence-electron chi connectivity index (χ4n) is 5.07. The van der Waals surface area contributed by atoms with Gasteiger partial charge in [0.15, 0.2) is 0 Å². The second-order valence-electron chi connectivity index (χ2n) is 9.20. The minimum atomic E-state index is -0.434. The van der Waals surface area contributed by atoms with Gasteiger partial charge in [-0.1, -0.05) is 54.8 Å². The molecule has 34 heavy (non-hydrogen) atoms. The maximum absolute atomic E-state index is 13.5. The molecule has 6 nitrogen and oxygen atoms in total. The van der Waals surface area contributed by atoms with Crippen molar-refractivity contribution in [3.63, 3.8) is 0 Å². The molecule has 0 radical (unpaired) electrons. The highest BCUT2D eigenvalue weighted by molar-refractivity contribution is 6.32. The van der Waals surface area contributed by atoms with Crippen LogP contribution in [0.25, 0.3) is 0 Å². The van der Waals surface area contributed by atoms with Gasteiger partial charge in [-0.2, -0.15) is 0 Å². The third kappa shape index (κ3) is 5.91. The van der Waals surface area contributed by atoms with Gasteiger partial charge in [-0.3, -0.25) is 14.5 Å². The fourth-order valence-corrected chi connectivity index (χ4v) is 5.33. The Morgan fingerprint density at radius 3 is 2.26 bits per heavy atom. The SMILES string of the molecule is COc1ccc(NC(=O)[C@@H](c2ccccc2)N2CCC(C(=O)N3CCCCCC3)CC2)cc1Cl.